The Bertz CT molecular complexity index is 509. The summed E-state index contributed by atoms with van der Waals surface area (Å²) >= 11 is 5.61. The molecule has 0 bridgehead atoms. The molecule has 0 aliphatic rings. The van der Waals surface area contributed by atoms with Crippen LogP contribution < -0.4 is 0 Å². The second kappa shape index (κ2) is 4.53. The van der Waals surface area contributed by atoms with Gasteiger partial charge in [0.1, 0.15) is 0 Å². The van der Waals surface area contributed by atoms with Crippen molar-refractivity contribution in [3.05, 3.63) is 36.2 Å². The van der Waals surface area contributed by atoms with Crippen LogP contribution in [0, 0.1) is 0 Å². The fourth-order valence-electron chi connectivity index (χ4n) is 1.53. The van der Waals surface area contributed by atoms with Gasteiger partial charge in [-0.1, -0.05) is 6.07 Å². The van der Waals surface area contributed by atoms with E-state index in [9.17, 15) is 4.79 Å². The summed E-state index contributed by atoms with van der Waals surface area (Å²) < 4.78 is 1.68. The summed E-state index contributed by atoms with van der Waals surface area (Å²) in [5.41, 5.74) is 1.42. The lowest BCUT2D eigenvalue weighted by atomic mass is 10.2. The molecular formula is C11H12ClN3O. The first-order valence-electron chi connectivity index (χ1n) is 4.98. The molecule has 0 radical (unpaired) electrons. The van der Waals surface area contributed by atoms with Crippen molar-refractivity contribution >= 4 is 23.0 Å². The SMILES string of the molecule is CN(CCCl)C(=O)c1cnn2ccccc12. The van der Waals surface area contributed by atoms with E-state index in [0.29, 0.717) is 18.0 Å². The zero-order valence-corrected chi connectivity index (χ0v) is 9.68. The molecule has 0 aliphatic carbocycles. The number of rotatable bonds is 3. The monoisotopic (exact) mass is 237 g/mol. The summed E-state index contributed by atoms with van der Waals surface area (Å²) in [6, 6.07) is 5.63. The Kier molecular flexibility index (Phi) is 3.10. The molecule has 4 nitrogen and oxygen atoms in total. The maximum absolute atomic E-state index is 12.0. The number of alkyl halides is 1. The van der Waals surface area contributed by atoms with Crippen LogP contribution in [-0.2, 0) is 0 Å². The first-order valence-corrected chi connectivity index (χ1v) is 5.51. The van der Waals surface area contributed by atoms with E-state index in [0.717, 1.165) is 5.52 Å². The largest absolute Gasteiger partial charge is 0.340 e. The van der Waals surface area contributed by atoms with Crippen LogP contribution in [0.1, 0.15) is 10.4 Å². The van der Waals surface area contributed by atoms with Crippen molar-refractivity contribution in [2.24, 2.45) is 0 Å². The van der Waals surface area contributed by atoms with E-state index in [-0.39, 0.29) is 5.91 Å². The third-order valence-electron chi connectivity index (χ3n) is 2.42. The van der Waals surface area contributed by atoms with Gasteiger partial charge in [0.25, 0.3) is 5.91 Å². The molecule has 1 amide bonds. The molecule has 0 N–H and O–H groups in total. The molecule has 5 heteroatoms. The number of aromatic nitrogens is 2. The minimum Gasteiger partial charge on any atom is -0.340 e. The predicted molar refractivity (Wildman–Crippen MR) is 62.9 cm³/mol. The fraction of sp³-hybridized carbons (Fsp3) is 0.273. The molecule has 2 aromatic rings. The van der Waals surface area contributed by atoms with Crippen molar-refractivity contribution in [2.75, 3.05) is 19.5 Å². The Labute approximate surface area is 98.4 Å². The second-order valence-corrected chi connectivity index (χ2v) is 3.88. The summed E-state index contributed by atoms with van der Waals surface area (Å²) in [6.07, 6.45) is 3.40. The molecule has 2 heterocycles. The van der Waals surface area contributed by atoms with Crippen LogP contribution in [0.5, 0.6) is 0 Å². The molecule has 2 aromatic heterocycles. The molecule has 0 unspecified atom stereocenters. The van der Waals surface area contributed by atoms with Gasteiger partial charge in [0, 0.05) is 25.7 Å². The predicted octanol–water partition coefficient (Wildman–Crippen LogP) is 1.65. The topological polar surface area (TPSA) is 37.6 Å². The van der Waals surface area contributed by atoms with Gasteiger partial charge in [-0.25, -0.2) is 4.52 Å². The number of nitrogens with zero attached hydrogens (tertiary/aromatic N) is 3. The number of pyridine rings is 1. The summed E-state index contributed by atoms with van der Waals surface area (Å²) in [6.45, 7) is 0.532. The van der Waals surface area contributed by atoms with Crippen LogP contribution in [0.4, 0.5) is 0 Å². The highest BCUT2D eigenvalue weighted by Gasteiger charge is 2.15. The lowest BCUT2D eigenvalue weighted by molar-refractivity contribution is 0.0805. The molecule has 0 aliphatic heterocycles. The van der Waals surface area contributed by atoms with E-state index in [1.165, 1.54) is 0 Å². The summed E-state index contributed by atoms with van der Waals surface area (Å²) in [7, 11) is 1.73. The van der Waals surface area contributed by atoms with E-state index >= 15 is 0 Å². The molecule has 0 saturated heterocycles. The maximum Gasteiger partial charge on any atom is 0.257 e. The number of fused-ring (bicyclic) bond motifs is 1. The van der Waals surface area contributed by atoms with Crippen LogP contribution >= 0.6 is 11.6 Å². The van der Waals surface area contributed by atoms with Crippen LogP contribution in [-0.4, -0.2) is 39.9 Å². The van der Waals surface area contributed by atoms with Crippen molar-refractivity contribution in [1.29, 1.82) is 0 Å². The summed E-state index contributed by atoms with van der Waals surface area (Å²) in [5.74, 6) is 0.378. The zero-order valence-electron chi connectivity index (χ0n) is 8.93. The quantitative estimate of drug-likeness (QED) is 0.762. The Morgan fingerprint density at radius 1 is 1.56 bits per heavy atom. The average Bonchev–Trinajstić information content (AvgIpc) is 2.72. The first-order chi connectivity index (χ1) is 7.74. The van der Waals surface area contributed by atoms with E-state index < -0.39 is 0 Å². The van der Waals surface area contributed by atoms with Gasteiger partial charge in [-0.2, -0.15) is 5.10 Å². The smallest absolute Gasteiger partial charge is 0.257 e. The number of carbonyl (C=O) groups is 1. The van der Waals surface area contributed by atoms with Crippen molar-refractivity contribution in [1.82, 2.24) is 14.5 Å². The Morgan fingerprint density at radius 2 is 2.38 bits per heavy atom. The molecule has 84 valence electrons. The van der Waals surface area contributed by atoms with E-state index in [4.69, 9.17) is 11.6 Å². The molecule has 0 saturated carbocycles. The van der Waals surface area contributed by atoms with Crippen LogP contribution in [0.15, 0.2) is 30.6 Å². The zero-order chi connectivity index (χ0) is 11.5. The van der Waals surface area contributed by atoms with Gasteiger partial charge in [-0.15, -0.1) is 11.6 Å². The molecular weight excluding hydrogens is 226 g/mol. The standard InChI is InChI=1S/C11H12ClN3O/c1-14(7-5-12)11(16)9-8-13-15-6-3-2-4-10(9)15/h2-4,6,8H,5,7H2,1H3. The van der Waals surface area contributed by atoms with Crippen molar-refractivity contribution in [2.45, 2.75) is 0 Å². The van der Waals surface area contributed by atoms with Gasteiger partial charge in [0.05, 0.1) is 17.3 Å². The van der Waals surface area contributed by atoms with E-state index in [2.05, 4.69) is 5.10 Å². The third kappa shape index (κ3) is 1.88. The molecule has 0 aromatic carbocycles. The van der Waals surface area contributed by atoms with Crippen molar-refractivity contribution < 1.29 is 4.79 Å². The van der Waals surface area contributed by atoms with Gasteiger partial charge in [-0.05, 0) is 12.1 Å². The first kappa shape index (κ1) is 11.0. The summed E-state index contributed by atoms with van der Waals surface area (Å²) in [5, 5.41) is 4.12. The minimum absolute atomic E-state index is 0.0538. The normalized spacial score (nSPS) is 10.6. The maximum atomic E-state index is 12.0. The van der Waals surface area contributed by atoms with Gasteiger partial charge in [0.15, 0.2) is 0 Å². The van der Waals surface area contributed by atoms with Crippen LogP contribution in [0.2, 0.25) is 0 Å². The fourth-order valence-corrected chi connectivity index (χ4v) is 1.79. The lowest BCUT2D eigenvalue weighted by Gasteiger charge is -2.14. The highest BCUT2D eigenvalue weighted by molar-refractivity contribution is 6.18. The Morgan fingerprint density at radius 3 is 3.12 bits per heavy atom. The summed E-state index contributed by atoms with van der Waals surface area (Å²) in [4.78, 5) is 13.6. The van der Waals surface area contributed by atoms with Crippen LogP contribution in [0.25, 0.3) is 5.52 Å². The molecule has 0 fully saturated rings. The van der Waals surface area contributed by atoms with Crippen molar-refractivity contribution in [3.8, 4) is 0 Å². The third-order valence-corrected chi connectivity index (χ3v) is 2.59. The van der Waals surface area contributed by atoms with E-state index in [1.807, 2.05) is 24.4 Å². The van der Waals surface area contributed by atoms with Gasteiger partial charge in [-0.3, -0.25) is 4.79 Å². The number of hydrogen-bond donors (Lipinski definition) is 0. The molecule has 2 rings (SSSR count). The highest BCUT2D eigenvalue weighted by atomic mass is 35.5. The second-order valence-electron chi connectivity index (χ2n) is 3.50. The number of carbonyl (C=O) groups excluding carboxylic acids is 1. The Balaban J connectivity index is 2.36. The van der Waals surface area contributed by atoms with Crippen LogP contribution in [0.3, 0.4) is 0 Å². The Hall–Kier alpha value is -1.55. The highest BCUT2D eigenvalue weighted by Crippen LogP contribution is 2.11. The lowest BCUT2D eigenvalue weighted by Crippen LogP contribution is -2.28. The number of halogens is 1. The van der Waals surface area contributed by atoms with Gasteiger partial charge >= 0.3 is 0 Å². The molecule has 0 atom stereocenters. The van der Waals surface area contributed by atoms with E-state index in [1.54, 1.807) is 22.7 Å². The minimum atomic E-state index is -0.0538. The van der Waals surface area contributed by atoms with Crippen molar-refractivity contribution in [3.63, 3.8) is 0 Å². The van der Waals surface area contributed by atoms with Gasteiger partial charge in [0.2, 0.25) is 0 Å². The average molecular weight is 238 g/mol. The molecule has 0 spiro atoms. The number of amides is 1. The van der Waals surface area contributed by atoms with Gasteiger partial charge < -0.3 is 4.90 Å². The molecule has 16 heavy (non-hydrogen) atoms. The number of hydrogen-bond acceptors (Lipinski definition) is 2.